The predicted octanol–water partition coefficient (Wildman–Crippen LogP) is 7.85. The number of alkyl carbamates (subject to hydrolysis) is 1. The van der Waals surface area contributed by atoms with Gasteiger partial charge in [0.25, 0.3) is 0 Å². The van der Waals surface area contributed by atoms with Crippen LogP contribution in [0.15, 0.2) is 55.1 Å². The quantitative estimate of drug-likeness (QED) is 0.163. The number of hydrogen-bond acceptors (Lipinski definition) is 5. The van der Waals surface area contributed by atoms with Crippen LogP contribution in [0.1, 0.15) is 121 Å². The summed E-state index contributed by atoms with van der Waals surface area (Å²) in [4.78, 5) is 43.8. The van der Waals surface area contributed by atoms with Gasteiger partial charge in [0.1, 0.15) is 23.4 Å². The molecule has 2 unspecified atom stereocenters. The van der Waals surface area contributed by atoms with E-state index in [1.807, 2.05) is 24.3 Å². The smallest absolute Gasteiger partial charge is 0.408 e. The molecule has 1 aliphatic carbocycles. The van der Waals surface area contributed by atoms with Crippen LogP contribution in [-0.2, 0) is 20.7 Å². The van der Waals surface area contributed by atoms with Crippen molar-refractivity contribution < 1.29 is 24.2 Å². The normalized spacial score (nSPS) is 15.0. The molecular weight excluding hydrogens is 578 g/mol. The van der Waals surface area contributed by atoms with Gasteiger partial charge < -0.3 is 25.4 Å². The maximum atomic E-state index is 14.8. The van der Waals surface area contributed by atoms with Crippen LogP contribution in [0, 0.1) is 0 Å². The fourth-order valence-electron chi connectivity index (χ4n) is 6.00. The first-order valence-electron chi connectivity index (χ1n) is 17.1. The van der Waals surface area contributed by atoms with E-state index in [0.29, 0.717) is 12.1 Å². The van der Waals surface area contributed by atoms with Crippen molar-refractivity contribution in [1.82, 2.24) is 15.5 Å². The van der Waals surface area contributed by atoms with Crippen molar-refractivity contribution in [2.75, 3.05) is 6.54 Å². The summed E-state index contributed by atoms with van der Waals surface area (Å²) in [5.41, 5.74) is 1.55. The lowest BCUT2D eigenvalue weighted by atomic mass is 9.94. The van der Waals surface area contributed by atoms with Gasteiger partial charge in [-0.1, -0.05) is 101 Å². The lowest BCUT2D eigenvalue weighted by molar-refractivity contribution is -0.143. The molecule has 0 saturated heterocycles. The monoisotopic (exact) mass is 633 g/mol. The van der Waals surface area contributed by atoms with Gasteiger partial charge in [-0.05, 0) is 74.9 Å². The zero-order chi connectivity index (χ0) is 33.5. The second-order valence-corrected chi connectivity index (χ2v) is 13.5. The molecule has 0 radical (unpaired) electrons. The molecule has 3 amide bonds. The zero-order valence-electron chi connectivity index (χ0n) is 28.4. The number of nitrogens with one attached hydrogen (secondary N) is 2. The third-order valence-electron chi connectivity index (χ3n) is 8.37. The summed E-state index contributed by atoms with van der Waals surface area (Å²) in [6.45, 7) is 11.8. The second-order valence-electron chi connectivity index (χ2n) is 13.5. The molecule has 8 nitrogen and oxygen atoms in total. The zero-order valence-corrected chi connectivity index (χ0v) is 28.4. The molecule has 2 aromatic carbocycles. The highest BCUT2D eigenvalue weighted by molar-refractivity contribution is 5.92. The third-order valence-corrected chi connectivity index (χ3v) is 8.37. The first kappa shape index (κ1) is 36.7. The number of unbranched alkanes of at least 4 members (excludes halogenated alkanes) is 5. The van der Waals surface area contributed by atoms with Crippen LogP contribution in [0.5, 0.6) is 5.75 Å². The Bertz CT molecular complexity index is 1260. The van der Waals surface area contributed by atoms with Crippen molar-refractivity contribution in [2.24, 2.45) is 0 Å². The molecular formula is C38H55N3O5. The first-order valence-corrected chi connectivity index (χ1v) is 17.1. The minimum atomic E-state index is -1.01. The van der Waals surface area contributed by atoms with E-state index in [2.05, 4.69) is 24.1 Å². The maximum Gasteiger partial charge on any atom is 0.408 e. The molecule has 3 rings (SSSR count). The highest BCUT2D eigenvalue weighted by Gasteiger charge is 2.37. The third kappa shape index (κ3) is 12.2. The molecule has 1 aliphatic rings. The number of hydrogen-bond donors (Lipinski definition) is 3. The van der Waals surface area contributed by atoms with E-state index >= 15 is 0 Å². The van der Waals surface area contributed by atoms with Gasteiger partial charge in [0.15, 0.2) is 0 Å². The Morgan fingerprint density at radius 1 is 1.00 bits per heavy atom. The van der Waals surface area contributed by atoms with Crippen molar-refractivity contribution in [1.29, 1.82) is 0 Å². The van der Waals surface area contributed by atoms with Crippen molar-refractivity contribution in [3.63, 3.8) is 0 Å². The highest BCUT2D eigenvalue weighted by atomic mass is 16.6. The summed E-state index contributed by atoms with van der Waals surface area (Å²) < 4.78 is 5.56. The summed E-state index contributed by atoms with van der Waals surface area (Å²) in [6.07, 6.45) is 12.4. The van der Waals surface area contributed by atoms with Crippen LogP contribution in [0.2, 0.25) is 0 Å². The van der Waals surface area contributed by atoms with Gasteiger partial charge >= 0.3 is 6.09 Å². The minimum Gasteiger partial charge on any atom is -0.508 e. The maximum absolute atomic E-state index is 14.8. The van der Waals surface area contributed by atoms with Gasteiger partial charge in [-0.15, -0.1) is 0 Å². The van der Waals surface area contributed by atoms with Gasteiger partial charge in [-0.2, -0.15) is 0 Å². The van der Waals surface area contributed by atoms with Gasteiger partial charge in [0.2, 0.25) is 11.8 Å². The number of ether oxygens (including phenoxy) is 1. The van der Waals surface area contributed by atoms with Crippen molar-refractivity contribution in [3.05, 3.63) is 71.8 Å². The summed E-state index contributed by atoms with van der Waals surface area (Å²) in [5.74, 6) is -0.466. The van der Waals surface area contributed by atoms with Crippen molar-refractivity contribution in [3.8, 4) is 5.75 Å². The van der Waals surface area contributed by atoms with Gasteiger partial charge in [0.05, 0.1) is 0 Å². The van der Waals surface area contributed by atoms with Crippen molar-refractivity contribution >= 4 is 24.0 Å². The molecule has 1 fully saturated rings. The summed E-state index contributed by atoms with van der Waals surface area (Å²) >= 11 is 0. The van der Waals surface area contributed by atoms with E-state index < -0.39 is 23.8 Å². The largest absolute Gasteiger partial charge is 0.508 e. The fourth-order valence-corrected chi connectivity index (χ4v) is 6.00. The second kappa shape index (κ2) is 18.4. The number of rotatable bonds is 16. The Morgan fingerprint density at radius 2 is 1.67 bits per heavy atom. The van der Waals surface area contributed by atoms with Crippen LogP contribution >= 0.6 is 0 Å². The average molecular weight is 634 g/mol. The van der Waals surface area contributed by atoms with Gasteiger partial charge in [-0.25, -0.2) is 4.79 Å². The Kier molecular flexibility index (Phi) is 14.6. The Balaban J connectivity index is 2.03. The van der Waals surface area contributed by atoms with Gasteiger partial charge in [0, 0.05) is 19.0 Å². The van der Waals surface area contributed by atoms with E-state index in [1.54, 1.807) is 56.0 Å². The highest BCUT2D eigenvalue weighted by Crippen LogP contribution is 2.27. The molecule has 0 aromatic heterocycles. The number of carbonyl (C=O) groups is 3. The lowest BCUT2D eigenvalue weighted by Gasteiger charge is -2.36. The van der Waals surface area contributed by atoms with Gasteiger partial charge in [-0.3, -0.25) is 9.59 Å². The predicted molar refractivity (Wildman–Crippen MR) is 184 cm³/mol. The number of nitrogens with zero attached hydrogens (tertiary/aromatic N) is 1. The Morgan fingerprint density at radius 3 is 2.33 bits per heavy atom. The van der Waals surface area contributed by atoms with Crippen LogP contribution in [0.3, 0.4) is 0 Å². The fraction of sp³-hybridized carbons (Fsp3) is 0.553. The molecule has 46 heavy (non-hydrogen) atoms. The number of amides is 3. The minimum absolute atomic E-state index is 0.0602. The van der Waals surface area contributed by atoms with E-state index in [9.17, 15) is 19.5 Å². The van der Waals surface area contributed by atoms with Crippen molar-refractivity contribution in [2.45, 2.75) is 128 Å². The molecule has 252 valence electrons. The Hall–Kier alpha value is -3.81. The molecule has 0 bridgehead atoms. The molecule has 3 N–H and O–H groups in total. The molecule has 8 heteroatoms. The van der Waals surface area contributed by atoms with Crippen LogP contribution < -0.4 is 10.6 Å². The topological polar surface area (TPSA) is 108 Å². The number of aromatic hydroxyl groups is 1. The standard InChI is InChI=1S/C38H55N3O5/c1-6-8-9-10-11-15-25-41(34(30-18-16-17-28(7-2)26-30)35(43)39-31-19-13-12-14-20-31)36(44)33(40-37(45)46-38(3,4)5)27-29-21-23-32(42)24-22-29/h7,16-18,21-24,26,31,33-34,42H,2,6,8-15,19-20,25,27H2,1,3-5H3,(H,39,43)(H,40,45). The summed E-state index contributed by atoms with van der Waals surface area (Å²) in [6, 6.07) is 12.3. The average Bonchev–Trinajstić information content (AvgIpc) is 3.02. The summed E-state index contributed by atoms with van der Waals surface area (Å²) in [7, 11) is 0. The van der Waals surface area contributed by atoms with E-state index in [-0.39, 0.29) is 30.0 Å². The van der Waals surface area contributed by atoms with E-state index in [4.69, 9.17) is 4.74 Å². The lowest BCUT2D eigenvalue weighted by Crippen LogP contribution is -2.54. The molecule has 2 aromatic rings. The van der Waals surface area contributed by atoms with Crippen LogP contribution in [0.4, 0.5) is 4.79 Å². The number of carbonyl (C=O) groups excluding carboxylic acids is 3. The summed E-state index contributed by atoms with van der Waals surface area (Å²) in [5, 5.41) is 16.0. The molecule has 0 aliphatic heterocycles. The first-order chi connectivity index (χ1) is 22.0. The molecule has 0 heterocycles. The number of benzene rings is 2. The van der Waals surface area contributed by atoms with Crippen LogP contribution in [-0.4, -0.2) is 52.1 Å². The number of phenolic OH excluding ortho intramolecular Hbond substituents is 1. The molecule has 1 saturated carbocycles. The SMILES string of the molecule is C=Cc1cccc(C(C(=O)NC2CCCCC2)N(CCCCCCCC)C(=O)C(Cc2ccc(O)cc2)NC(=O)OC(C)(C)C)c1. The molecule has 2 atom stereocenters. The number of phenols is 1. The Labute approximate surface area is 276 Å². The van der Waals surface area contributed by atoms with E-state index in [1.165, 1.54) is 0 Å². The molecule has 0 spiro atoms. The van der Waals surface area contributed by atoms with E-state index in [0.717, 1.165) is 81.8 Å². The van der Waals surface area contributed by atoms with Crippen LogP contribution in [0.25, 0.3) is 6.08 Å².